The van der Waals surface area contributed by atoms with E-state index in [4.69, 9.17) is 4.42 Å². The van der Waals surface area contributed by atoms with Crippen molar-refractivity contribution in [2.24, 2.45) is 0 Å². The van der Waals surface area contributed by atoms with Crippen molar-refractivity contribution in [3.8, 4) is 0 Å². The molecule has 1 N–H and O–H groups in total. The molecule has 1 aliphatic heterocycles. The average molecular weight is 237 g/mol. The Kier molecular flexibility index (Phi) is 4.24. The molecule has 1 fully saturated rings. The highest BCUT2D eigenvalue weighted by Crippen LogP contribution is 2.22. The van der Waals surface area contributed by atoms with Crippen molar-refractivity contribution in [1.82, 2.24) is 4.90 Å². The predicted octanol–water partition coefficient (Wildman–Crippen LogP) is 2.58. The molecule has 0 saturated carbocycles. The van der Waals surface area contributed by atoms with Crippen molar-refractivity contribution < 1.29 is 9.52 Å². The zero-order chi connectivity index (χ0) is 12.3. The molecule has 2 rings (SSSR count). The fourth-order valence-corrected chi connectivity index (χ4v) is 2.66. The van der Waals surface area contributed by atoms with Crippen LogP contribution in [0.4, 0.5) is 0 Å². The molecule has 1 aliphatic rings. The lowest BCUT2D eigenvalue weighted by Gasteiger charge is -2.36. The van der Waals surface area contributed by atoms with Crippen LogP contribution in [0.1, 0.15) is 44.6 Å². The molecule has 1 aromatic rings. The first-order valence-electron chi connectivity index (χ1n) is 6.70. The highest BCUT2D eigenvalue weighted by molar-refractivity contribution is 5.07. The van der Waals surface area contributed by atoms with E-state index >= 15 is 0 Å². The summed E-state index contributed by atoms with van der Waals surface area (Å²) in [5.74, 6) is 2.07. The molecule has 1 saturated heterocycles. The fraction of sp³-hybridized carbons (Fsp3) is 0.714. The third kappa shape index (κ3) is 3.11. The number of rotatable bonds is 4. The van der Waals surface area contributed by atoms with E-state index in [9.17, 15) is 5.11 Å². The maximum absolute atomic E-state index is 9.80. The number of furan rings is 1. The second-order valence-electron chi connectivity index (χ2n) is 5.00. The molecule has 2 atom stereocenters. The van der Waals surface area contributed by atoms with Gasteiger partial charge in [-0.25, -0.2) is 0 Å². The minimum atomic E-state index is -0.254. The minimum Gasteiger partial charge on any atom is -0.465 e. The highest BCUT2D eigenvalue weighted by atomic mass is 16.3. The summed E-state index contributed by atoms with van der Waals surface area (Å²) in [6.45, 7) is 5.89. The van der Waals surface area contributed by atoms with Gasteiger partial charge < -0.3 is 9.52 Å². The highest BCUT2D eigenvalue weighted by Gasteiger charge is 2.26. The Morgan fingerprint density at radius 3 is 2.82 bits per heavy atom. The molecule has 0 amide bonds. The summed E-state index contributed by atoms with van der Waals surface area (Å²) >= 11 is 0. The number of aryl methyl sites for hydroxylation is 1. The summed E-state index contributed by atoms with van der Waals surface area (Å²) in [7, 11) is 0. The van der Waals surface area contributed by atoms with E-state index in [0.717, 1.165) is 37.5 Å². The average Bonchev–Trinajstić information content (AvgIpc) is 2.77. The van der Waals surface area contributed by atoms with E-state index in [0.29, 0.717) is 6.04 Å². The third-order valence-corrected chi connectivity index (χ3v) is 3.65. The van der Waals surface area contributed by atoms with Gasteiger partial charge in [-0.1, -0.05) is 13.3 Å². The number of aliphatic hydroxyl groups excluding tert-OH is 1. The summed E-state index contributed by atoms with van der Waals surface area (Å²) in [6, 6.07) is 4.40. The first kappa shape index (κ1) is 12.7. The molecular formula is C14H23NO2. The van der Waals surface area contributed by atoms with Crippen molar-refractivity contribution in [3.05, 3.63) is 23.7 Å². The summed E-state index contributed by atoms with van der Waals surface area (Å²) in [5.41, 5.74) is 0. The molecule has 0 spiro atoms. The number of hydrogen-bond donors (Lipinski definition) is 1. The van der Waals surface area contributed by atoms with E-state index in [-0.39, 0.29) is 6.10 Å². The Bertz CT molecular complexity index is 346. The van der Waals surface area contributed by atoms with Gasteiger partial charge in [-0.2, -0.15) is 0 Å². The summed E-state index contributed by atoms with van der Waals surface area (Å²) in [4.78, 5) is 2.35. The summed E-state index contributed by atoms with van der Waals surface area (Å²) in [5, 5.41) is 9.80. The molecule has 2 unspecified atom stereocenters. The maximum Gasteiger partial charge on any atom is 0.118 e. The summed E-state index contributed by atoms with van der Waals surface area (Å²) in [6.07, 6.45) is 4.24. The molecule has 0 aliphatic carbocycles. The number of hydrogen-bond acceptors (Lipinski definition) is 3. The Morgan fingerprint density at radius 1 is 1.41 bits per heavy atom. The lowest BCUT2D eigenvalue weighted by molar-refractivity contribution is 0.0278. The van der Waals surface area contributed by atoms with Crippen molar-refractivity contribution in [1.29, 1.82) is 0 Å². The number of nitrogens with zero attached hydrogens (tertiary/aromatic N) is 1. The largest absolute Gasteiger partial charge is 0.465 e. The van der Waals surface area contributed by atoms with Crippen LogP contribution in [-0.2, 0) is 13.0 Å². The number of likely N-dealkylation sites (tertiary alicyclic amines) is 1. The van der Waals surface area contributed by atoms with E-state index in [2.05, 4.69) is 24.0 Å². The zero-order valence-electron chi connectivity index (χ0n) is 10.9. The monoisotopic (exact) mass is 237 g/mol. The molecule has 3 heteroatoms. The zero-order valence-corrected chi connectivity index (χ0v) is 10.9. The van der Waals surface area contributed by atoms with Crippen LogP contribution in [0.2, 0.25) is 0 Å². The first-order chi connectivity index (χ1) is 8.20. The van der Waals surface area contributed by atoms with Gasteiger partial charge in [-0.05, 0) is 38.4 Å². The lowest BCUT2D eigenvalue weighted by atomic mass is 9.98. The van der Waals surface area contributed by atoms with Crippen molar-refractivity contribution in [2.75, 3.05) is 6.54 Å². The molecule has 1 aromatic heterocycles. The van der Waals surface area contributed by atoms with Crippen molar-refractivity contribution in [2.45, 2.75) is 58.2 Å². The number of piperidine rings is 1. The predicted molar refractivity (Wildman–Crippen MR) is 67.8 cm³/mol. The Hall–Kier alpha value is -0.800. The van der Waals surface area contributed by atoms with Gasteiger partial charge in [0.2, 0.25) is 0 Å². The molecule has 17 heavy (non-hydrogen) atoms. The molecule has 0 bridgehead atoms. The lowest BCUT2D eigenvalue weighted by Crippen LogP contribution is -2.45. The van der Waals surface area contributed by atoms with Gasteiger partial charge in [0.1, 0.15) is 11.5 Å². The van der Waals surface area contributed by atoms with Gasteiger partial charge in [0.15, 0.2) is 0 Å². The van der Waals surface area contributed by atoms with Crippen LogP contribution >= 0.6 is 0 Å². The standard InChI is InChI=1S/C14H23NO2/c1-3-12-7-8-13(17-12)10-15-9-5-4-6-14(15)11(2)16/h7-8,11,14,16H,3-6,9-10H2,1-2H3. The third-order valence-electron chi connectivity index (χ3n) is 3.65. The first-order valence-corrected chi connectivity index (χ1v) is 6.70. The van der Waals surface area contributed by atoms with Gasteiger partial charge in [-0.3, -0.25) is 4.90 Å². The van der Waals surface area contributed by atoms with Gasteiger partial charge in [0, 0.05) is 12.5 Å². The van der Waals surface area contributed by atoms with Crippen LogP contribution in [0.5, 0.6) is 0 Å². The van der Waals surface area contributed by atoms with Crippen LogP contribution in [0.25, 0.3) is 0 Å². The molecular weight excluding hydrogens is 214 g/mol. The van der Waals surface area contributed by atoms with Crippen LogP contribution in [0.15, 0.2) is 16.5 Å². The molecule has 0 aromatic carbocycles. The maximum atomic E-state index is 9.80. The van der Waals surface area contributed by atoms with Gasteiger partial charge in [-0.15, -0.1) is 0 Å². The van der Waals surface area contributed by atoms with Gasteiger partial charge in [0.25, 0.3) is 0 Å². The van der Waals surface area contributed by atoms with Crippen molar-refractivity contribution >= 4 is 0 Å². The molecule has 3 nitrogen and oxygen atoms in total. The fourth-order valence-electron chi connectivity index (χ4n) is 2.66. The molecule has 96 valence electrons. The topological polar surface area (TPSA) is 36.6 Å². The SMILES string of the molecule is CCc1ccc(CN2CCCCC2C(C)O)o1. The Labute approximate surface area is 103 Å². The van der Waals surface area contributed by atoms with Gasteiger partial charge in [0.05, 0.1) is 12.6 Å². The van der Waals surface area contributed by atoms with Crippen LogP contribution in [0.3, 0.4) is 0 Å². The number of aliphatic hydroxyl groups is 1. The minimum absolute atomic E-state index is 0.254. The van der Waals surface area contributed by atoms with Crippen LogP contribution in [0, 0.1) is 0 Å². The van der Waals surface area contributed by atoms with E-state index < -0.39 is 0 Å². The molecule has 0 radical (unpaired) electrons. The van der Waals surface area contributed by atoms with Gasteiger partial charge >= 0.3 is 0 Å². The van der Waals surface area contributed by atoms with E-state index in [1.54, 1.807) is 0 Å². The van der Waals surface area contributed by atoms with Crippen LogP contribution < -0.4 is 0 Å². The normalized spacial score (nSPS) is 23.8. The second-order valence-corrected chi connectivity index (χ2v) is 5.00. The van der Waals surface area contributed by atoms with Crippen molar-refractivity contribution in [3.63, 3.8) is 0 Å². The molecule has 2 heterocycles. The van der Waals surface area contributed by atoms with E-state index in [1.807, 2.05) is 6.92 Å². The van der Waals surface area contributed by atoms with Crippen LogP contribution in [-0.4, -0.2) is 28.7 Å². The quantitative estimate of drug-likeness (QED) is 0.874. The van der Waals surface area contributed by atoms with E-state index in [1.165, 1.54) is 12.8 Å². The smallest absolute Gasteiger partial charge is 0.118 e. The Morgan fingerprint density at radius 2 is 2.18 bits per heavy atom. The Balaban J connectivity index is 2.00. The second kappa shape index (κ2) is 5.69. The summed E-state index contributed by atoms with van der Waals surface area (Å²) < 4.78 is 5.74.